The summed E-state index contributed by atoms with van der Waals surface area (Å²) in [5.74, 6) is -3.61. The van der Waals surface area contributed by atoms with E-state index in [1.807, 2.05) is 14.1 Å². The molecule has 3 heterocycles. The summed E-state index contributed by atoms with van der Waals surface area (Å²) in [5, 5.41) is 12.7. The van der Waals surface area contributed by atoms with Gasteiger partial charge in [-0.3, -0.25) is 14.4 Å². The summed E-state index contributed by atoms with van der Waals surface area (Å²) in [5.41, 5.74) is -1.67. The average molecular weight is 682 g/mol. The third-order valence-electron chi connectivity index (χ3n) is 8.72. The maximum absolute atomic E-state index is 15.1. The Labute approximate surface area is 272 Å². The number of nitrogens with zero attached hydrogens (tertiary/aromatic N) is 5. The van der Waals surface area contributed by atoms with Gasteiger partial charge >= 0.3 is 6.18 Å². The minimum absolute atomic E-state index is 0.0446. The van der Waals surface area contributed by atoms with Gasteiger partial charge in [0.15, 0.2) is 11.9 Å². The lowest BCUT2D eigenvalue weighted by Gasteiger charge is -2.38. The van der Waals surface area contributed by atoms with Crippen molar-refractivity contribution in [1.82, 2.24) is 19.4 Å². The molecule has 0 spiro atoms. The first-order valence-corrected chi connectivity index (χ1v) is 15.1. The predicted molar refractivity (Wildman–Crippen MR) is 163 cm³/mol. The standard InChI is InChI=1S/C31H33ClF4N6O5/c1-39-22(20-7-8-24(47-4)25(26(20)33)31(34,35)36)15-37-27(39)28(44)38-17-5-6-19(21(32)13-17)29(45)40-9-11-41(12-10-40)30(46)23-14-18(43)16-42(23,2)3/h5-8,13,15,18,23,43H,9-12,14,16H2,1-4H3/p+1/t18-,23+/m1/s1. The summed E-state index contributed by atoms with van der Waals surface area (Å²) in [7, 11) is 6.19. The smallest absolute Gasteiger partial charge is 0.422 e. The first kappa shape index (κ1) is 34.1. The number of alkyl halides is 3. The number of likely N-dealkylation sites (tertiary alicyclic amines) is 1. The molecule has 2 fully saturated rings. The van der Waals surface area contributed by atoms with Crippen molar-refractivity contribution in [3.8, 4) is 17.0 Å². The van der Waals surface area contributed by atoms with Crippen LogP contribution in [-0.2, 0) is 18.0 Å². The Kier molecular flexibility index (Phi) is 9.27. The van der Waals surface area contributed by atoms with Gasteiger partial charge in [-0.25, -0.2) is 9.37 Å². The van der Waals surface area contributed by atoms with Gasteiger partial charge in [0.05, 0.1) is 43.7 Å². The van der Waals surface area contributed by atoms with E-state index >= 15 is 4.39 Å². The van der Waals surface area contributed by atoms with Crippen molar-refractivity contribution >= 4 is 35.0 Å². The molecule has 2 aliphatic rings. The molecule has 16 heteroatoms. The molecule has 0 bridgehead atoms. The van der Waals surface area contributed by atoms with Crippen LogP contribution in [0.5, 0.6) is 5.75 Å². The van der Waals surface area contributed by atoms with Crippen LogP contribution in [0.3, 0.4) is 0 Å². The van der Waals surface area contributed by atoms with E-state index in [0.29, 0.717) is 43.6 Å². The number of piperazine rings is 1. The number of carbonyl (C=O) groups excluding carboxylic acids is 3. The van der Waals surface area contributed by atoms with Crippen LogP contribution in [0.2, 0.25) is 5.02 Å². The molecule has 0 aliphatic carbocycles. The fourth-order valence-corrected chi connectivity index (χ4v) is 6.47. The molecule has 2 aliphatic heterocycles. The number of likely N-dealkylation sites (N-methyl/N-ethyl adjacent to an activating group) is 1. The molecule has 2 aromatic carbocycles. The number of nitrogens with one attached hydrogen (secondary N) is 1. The number of amides is 3. The summed E-state index contributed by atoms with van der Waals surface area (Å²) in [6.45, 7) is 1.77. The van der Waals surface area contributed by atoms with Crippen LogP contribution >= 0.6 is 11.6 Å². The largest absolute Gasteiger partial charge is 0.496 e. The number of aliphatic hydroxyl groups excluding tert-OH is 1. The number of hydrogen-bond donors (Lipinski definition) is 2. The van der Waals surface area contributed by atoms with E-state index in [9.17, 15) is 32.7 Å². The molecule has 47 heavy (non-hydrogen) atoms. The zero-order valence-corrected chi connectivity index (χ0v) is 26.8. The maximum atomic E-state index is 15.1. The lowest BCUT2D eigenvalue weighted by molar-refractivity contribution is -0.894. The molecule has 0 radical (unpaired) electrons. The van der Waals surface area contributed by atoms with Gasteiger partial charge in [-0.2, -0.15) is 13.2 Å². The number of halogens is 5. The Morgan fingerprint density at radius 2 is 1.74 bits per heavy atom. The second-order valence-electron chi connectivity index (χ2n) is 12.2. The normalized spacial score (nSPS) is 19.5. The number of methoxy groups -OCH3 is 1. The maximum Gasteiger partial charge on any atom is 0.422 e. The number of aliphatic hydroxyl groups is 1. The van der Waals surface area contributed by atoms with Gasteiger partial charge in [0.25, 0.3) is 17.7 Å². The summed E-state index contributed by atoms with van der Waals surface area (Å²) in [6.07, 6.45) is -4.08. The molecule has 0 saturated carbocycles. The predicted octanol–water partition coefficient (Wildman–Crippen LogP) is 3.65. The molecule has 3 aromatic rings. The lowest BCUT2D eigenvalue weighted by atomic mass is 10.1. The van der Waals surface area contributed by atoms with Crippen molar-refractivity contribution in [3.63, 3.8) is 0 Å². The van der Waals surface area contributed by atoms with Crippen LogP contribution < -0.4 is 10.1 Å². The molecule has 2 N–H and O–H groups in total. The van der Waals surface area contributed by atoms with Crippen LogP contribution in [0.15, 0.2) is 36.5 Å². The number of benzene rings is 2. The van der Waals surface area contributed by atoms with E-state index < -0.39 is 40.9 Å². The molecule has 3 amide bonds. The molecule has 252 valence electrons. The molecular formula is C31H34ClF4N6O5+. The van der Waals surface area contributed by atoms with E-state index in [2.05, 4.69) is 15.0 Å². The van der Waals surface area contributed by atoms with E-state index in [0.717, 1.165) is 30.0 Å². The highest BCUT2D eigenvalue weighted by Crippen LogP contribution is 2.41. The van der Waals surface area contributed by atoms with Gasteiger partial charge in [0, 0.05) is 50.9 Å². The number of aromatic nitrogens is 2. The third-order valence-corrected chi connectivity index (χ3v) is 9.03. The number of quaternary nitrogens is 1. The Balaban J connectivity index is 1.25. The number of ether oxygens (including phenoxy) is 1. The van der Waals surface area contributed by atoms with Crippen molar-refractivity contribution in [2.45, 2.75) is 24.7 Å². The van der Waals surface area contributed by atoms with Gasteiger partial charge in [0.2, 0.25) is 0 Å². The second kappa shape index (κ2) is 12.8. The zero-order chi connectivity index (χ0) is 34.4. The average Bonchev–Trinajstić information content (AvgIpc) is 3.52. The van der Waals surface area contributed by atoms with Gasteiger partial charge in [0.1, 0.15) is 29.8 Å². The number of rotatable bonds is 6. The van der Waals surface area contributed by atoms with Crippen molar-refractivity contribution in [3.05, 3.63) is 64.3 Å². The highest BCUT2D eigenvalue weighted by atomic mass is 35.5. The summed E-state index contributed by atoms with van der Waals surface area (Å²) in [4.78, 5) is 46.8. The monoisotopic (exact) mass is 681 g/mol. The Hall–Kier alpha value is -4.21. The number of hydrogen-bond acceptors (Lipinski definition) is 6. The van der Waals surface area contributed by atoms with Crippen LogP contribution in [0, 0.1) is 5.82 Å². The first-order chi connectivity index (χ1) is 22.0. The van der Waals surface area contributed by atoms with Crippen LogP contribution in [0.4, 0.5) is 23.2 Å². The topological polar surface area (TPSA) is 117 Å². The quantitative estimate of drug-likeness (QED) is 0.303. The van der Waals surface area contributed by atoms with Gasteiger partial charge < -0.3 is 34.0 Å². The summed E-state index contributed by atoms with van der Waals surface area (Å²) < 4.78 is 62.0. The fraction of sp³-hybridized carbons (Fsp3) is 0.419. The van der Waals surface area contributed by atoms with E-state index in [4.69, 9.17) is 11.6 Å². The zero-order valence-electron chi connectivity index (χ0n) is 26.1. The molecule has 1 aromatic heterocycles. The van der Waals surface area contributed by atoms with Crippen LogP contribution in [0.25, 0.3) is 11.3 Å². The van der Waals surface area contributed by atoms with E-state index in [1.165, 1.54) is 25.2 Å². The lowest BCUT2D eigenvalue weighted by Crippen LogP contribution is -2.58. The number of carbonyl (C=O) groups is 3. The highest BCUT2D eigenvalue weighted by molar-refractivity contribution is 6.34. The minimum atomic E-state index is -5.03. The molecule has 5 rings (SSSR count). The Morgan fingerprint density at radius 1 is 1.09 bits per heavy atom. The fourth-order valence-electron chi connectivity index (χ4n) is 6.21. The number of anilines is 1. The molecule has 2 atom stereocenters. The molecule has 2 saturated heterocycles. The van der Waals surface area contributed by atoms with Crippen molar-refractivity contribution in [2.75, 3.05) is 59.2 Å². The molecular weight excluding hydrogens is 648 g/mol. The Bertz CT molecular complexity index is 1720. The Morgan fingerprint density at radius 3 is 2.32 bits per heavy atom. The van der Waals surface area contributed by atoms with Crippen LogP contribution in [-0.4, -0.2) is 113 Å². The highest BCUT2D eigenvalue weighted by Gasteiger charge is 2.47. The molecule has 0 unspecified atom stereocenters. The summed E-state index contributed by atoms with van der Waals surface area (Å²) in [6, 6.07) is 6.04. The van der Waals surface area contributed by atoms with Gasteiger partial charge in [-0.1, -0.05) is 11.6 Å². The third kappa shape index (κ3) is 6.64. The van der Waals surface area contributed by atoms with E-state index in [-0.39, 0.29) is 45.6 Å². The van der Waals surface area contributed by atoms with Crippen molar-refractivity contribution < 1.29 is 46.3 Å². The van der Waals surface area contributed by atoms with E-state index in [1.54, 1.807) is 9.80 Å². The SMILES string of the molecule is COc1ccc(-c2cnc(C(=O)Nc3ccc(C(=O)N4CCN(C(=O)[C@@H]5C[C@@H](O)C[N+]5(C)C)CC4)c(Cl)c3)n2C)c(F)c1C(F)(F)F. The molecule has 11 nitrogen and oxygen atoms in total. The summed E-state index contributed by atoms with van der Waals surface area (Å²) >= 11 is 6.44. The first-order valence-electron chi connectivity index (χ1n) is 14.7. The van der Waals surface area contributed by atoms with Gasteiger partial charge in [-0.15, -0.1) is 0 Å². The van der Waals surface area contributed by atoms with Crippen molar-refractivity contribution in [1.29, 1.82) is 0 Å². The second-order valence-corrected chi connectivity index (χ2v) is 12.6. The van der Waals surface area contributed by atoms with Crippen LogP contribution in [0.1, 0.15) is 33.0 Å². The van der Waals surface area contributed by atoms with Gasteiger partial charge in [-0.05, 0) is 30.3 Å². The van der Waals surface area contributed by atoms with Crippen molar-refractivity contribution in [2.24, 2.45) is 7.05 Å². The number of imidazole rings is 1. The minimum Gasteiger partial charge on any atom is -0.496 e.